The number of nitrogens with zero attached hydrogens (tertiary/aromatic N) is 8. The van der Waals surface area contributed by atoms with Gasteiger partial charge in [-0.2, -0.15) is 10.2 Å². The molecule has 4 aromatic heterocycles. The molecule has 0 aliphatic rings. The van der Waals surface area contributed by atoms with Gasteiger partial charge in [0.2, 0.25) is 0 Å². The molecule has 0 amide bonds. The smallest absolute Gasteiger partial charge is 0.151 e. The Morgan fingerprint density at radius 1 is 0.949 bits per heavy atom. The number of aryl methyl sites for hydroxylation is 1. The molecule has 9 heteroatoms. The molecular weight excluding hydrogens is 486 g/mol. The summed E-state index contributed by atoms with van der Waals surface area (Å²) < 4.78 is 3.94. The van der Waals surface area contributed by atoms with Gasteiger partial charge in [-0.05, 0) is 62.2 Å². The van der Waals surface area contributed by atoms with Crippen molar-refractivity contribution in [2.45, 2.75) is 32.4 Å². The van der Waals surface area contributed by atoms with E-state index >= 15 is 0 Å². The summed E-state index contributed by atoms with van der Waals surface area (Å²) in [6.07, 6.45) is 10.00. The van der Waals surface area contributed by atoms with Gasteiger partial charge in [0.05, 0.1) is 17.8 Å². The highest BCUT2D eigenvalue weighted by molar-refractivity contribution is 5.92. The lowest BCUT2D eigenvalue weighted by atomic mass is 10.0. The van der Waals surface area contributed by atoms with Gasteiger partial charge in [-0.25, -0.2) is 19.5 Å². The molecule has 0 saturated heterocycles. The van der Waals surface area contributed by atoms with Crippen molar-refractivity contribution in [1.29, 1.82) is 0 Å². The summed E-state index contributed by atoms with van der Waals surface area (Å²) in [4.78, 5) is 14.9. The number of fused-ring (bicyclic) bond motifs is 2. The molecule has 0 aliphatic heterocycles. The molecule has 0 aliphatic carbocycles. The Morgan fingerprint density at radius 2 is 1.85 bits per heavy atom. The van der Waals surface area contributed by atoms with E-state index in [0.717, 1.165) is 77.8 Å². The van der Waals surface area contributed by atoms with Crippen LogP contribution in [0.15, 0.2) is 85.7 Å². The summed E-state index contributed by atoms with van der Waals surface area (Å²) in [5, 5.41) is 10.5. The zero-order valence-electron chi connectivity index (χ0n) is 22.0. The largest absolute Gasteiger partial charge is 0.382 e. The van der Waals surface area contributed by atoms with Crippen molar-refractivity contribution >= 4 is 22.2 Å². The van der Waals surface area contributed by atoms with Crippen molar-refractivity contribution in [2.75, 3.05) is 19.3 Å². The number of unbranched alkanes of at least 4 members (excludes halogenated alkanes) is 1. The molecule has 0 spiro atoms. The first-order valence-corrected chi connectivity index (χ1v) is 13.2. The van der Waals surface area contributed by atoms with E-state index in [2.05, 4.69) is 86.7 Å². The molecule has 6 rings (SSSR count). The third-order valence-electron chi connectivity index (χ3n) is 7.01. The molecule has 0 fully saturated rings. The molecule has 2 aromatic carbocycles. The van der Waals surface area contributed by atoms with E-state index in [1.54, 1.807) is 12.5 Å². The standard InChI is InChI=1S/C30H31N9/c1-37(19-25-12-13-32-20-33-25)14-6-5-9-26-16-27(29-30(31)34-21-35-39(26)29)23-10-11-24-18-38(36-28(24)15-23)17-22-7-3-2-4-8-22/h2-4,7-8,10-13,15-16,18,20-21H,5-6,9,14,17,19H2,1H3,(H2,31,34,35). The van der Waals surface area contributed by atoms with Crippen LogP contribution >= 0.6 is 0 Å². The van der Waals surface area contributed by atoms with E-state index in [0.29, 0.717) is 5.82 Å². The van der Waals surface area contributed by atoms with Gasteiger partial charge < -0.3 is 10.6 Å². The van der Waals surface area contributed by atoms with E-state index in [1.165, 1.54) is 11.9 Å². The maximum atomic E-state index is 6.37. The van der Waals surface area contributed by atoms with E-state index in [1.807, 2.05) is 21.3 Å². The Hall–Kier alpha value is -4.63. The minimum absolute atomic E-state index is 0.477. The maximum absolute atomic E-state index is 6.37. The van der Waals surface area contributed by atoms with Crippen LogP contribution in [0.2, 0.25) is 0 Å². The lowest BCUT2D eigenvalue weighted by molar-refractivity contribution is 0.314. The summed E-state index contributed by atoms with van der Waals surface area (Å²) in [7, 11) is 2.12. The summed E-state index contributed by atoms with van der Waals surface area (Å²) >= 11 is 0. The van der Waals surface area contributed by atoms with Crippen LogP contribution in [0, 0.1) is 0 Å². The number of rotatable bonds is 10. The Morgan fingerprint density at radius 3 is 2.69 bits per heavy atom. The number of hydrogen-bond donors (Lipinski definition) is 1. The van der Waals surface area contributed by atoms with Gasteiger partial charge in [0, 0.05) is 35.6 Å². The summed E-state index contributed by atoms with van der Waals surface area (Å²) in [5.74, 6) is 0.477. The average molecular weight is 518 g/mol. The Bertz CT molecular complexity index is 1690. The van der Waals surface area contributed by atoms with E-state index in [-0.39, 0.29) is 0 Å². The highest BCUT2D eigenvalue weighted by atomic mass is 15.3. The lowest BCUT2D eigenvalue weighted by Gasteiger charge is -2.15. The number of nitrogen functional groups attached to an aromatic ring is 1. The molecule has 4 heterocycles. The average Bonchev–Trinajstić information content (AvgIpc) is 3.53. The highest BCUT2D eigenvalue weighted by Crippen LogP contribution is 2.32. The van der Waals surface area contributed by atoms with Crippen LogP contribution in [0.5, 0.6) is 0 Å². The van der Waals surface area contributed by atoms with Crippen LogP contribution in [-0.4, -0.2) is 52.8 Å². The number of benzene rings is 2. The van der Waals surface area contributed by atoms with Crippen LogP contribution in [0.4, 0.5) is 5.82 Å². The van der Waals surface area contributed by atoms with Crippen molar-refractivity contribution in [2.24, 2.45) is 0 Å². The van der Waals surface area contributed by atoms with Gasteiger partial charge in [-0.1, -0.05) is 42.5 Å². The van der Waals surface area contributed by atoms with E-state index in [4.69, 9.17) is 10.8 Å². The van der Waals surface area contributed by atoms with Crippen LogP contribution in [-0.2, 0) is 19.5 Å². The second kappa shape index (κ2) is 11.0. The molecule has 196 valence electrons. The number of aromatic nitrogens is 7. The van der Waals surface area contributed by atoms with Crippen LogP contribution in [0.1, 0.15) is 29.8 Å². The third-order valence-corrected chi connectivity index (χ3v) is 7.01. The topological polar surface area (TPSA) is 103 Å². The fraction of sp³-hybridized carbons (Fsp3) is 0.233. The monoisotopic (exact) mass is 517 g/mol. The molecule has 0 bridgehead atoms. The molecule has 6 aromatic rings. The zero-order chi connectivity index (χ0) is 26.6. The Labute approximate surface area is 227 Å². The first-order valence-electron chi connectivity index (χ1n) is 13.2. The van der Waals surface area contributed by atoms with Crippen molar-refractivity contribution in [3.05, 3.63) is 103 Å². The Kier molecular flexibility index (Phi) is 6.97. The SMILES string of the molecule is CN(CCCCc1cc(-c2ccc3cn(Cc4ccccc4)nc3c2)c2c(N)ncnn12)Cc1ccncn1. The second-order valence-corrected chi connectivity index (χ2v) is 9.94. The van der Waals surface area contributed by atoms with Crippen LogP contribution in [0.25, 0.3) is 27.5 Å². The summed E-state index contributed by atoms with van der Waals surface area (Å²) in [6.45, 7) is 2.53. The Balaban J connectivity index is 1.19. The zero-order valence-corrected chi connectivity index (χ0v) is 22.0. The predicted molar refractivity (Wildman–Crippen MR) is 153 cm³/mol. The van der Waals surface area contributed by atoms with Gasteiger partial charge in [-0.3, -0.25) is 4.68 Å². The van der Waals surface area contributed by atoms with Gasteiger partial charge in [0.1, 0.15) is 18.2 Å². The predicted octanol–water partition coefficient (Wildman–Crippen LogP) is 4.62. The molecule has 0 saturated carbocycles. The molecule has 0 atom stereocenters. The summed E-state index contributed by atoms with van der Waals surface area (Å²) in [6, 6.07) is 20.9. The fourth-order valence-electron chi connectivity index (χ4n) is 5.07. The number of nitrogens with two attached hydrogens (primary N) is 1. The second-order valence-electron chi connectivity index (χ2n) is 9.94. The van der Waals surface area contributed by atoms with E-state index < -0.39 is 0 Å². The number of anilines is 1. The van der Waals surface area contributed by atoms with Gasteiger partial charge in [0.25, 0.3) is 0 Å². The maximum Gasteiger partial charge on any atom is 0.151 e. The van der Waals surface area contributed by atoms with Crippen LogP contribution < -0.4 is 5.73 Å². The third kappa shape index (κ3) is 5.49. The van der Waals surface area contributed by atoms with Gasteiger partial charge in [0.15, 0.2) is 5.82 Å². The first-order chi connectivity index (χ1) is 19.1. The quantitative estimate of drug-likeness (QED) is 0.265. The fourth-order valence-corrected chi connectivity index (χ4v) is 5.07. The molecule has 2 N–H and O–H groups in total. The van der Waals surface area contributed by atoms with Crippen molar-refractivity contribution in [1.82, 2.24) is 39.2 Å². The highest BCUT2D eigenvalue weighted by Gasteiger charge is 2.16. The van der Waals surface area contributed by atoms with Crippen molar-refractivity contribution < 1.29 is 0 Å². The van der Waals surface area contributed by atoms with Gasteiger partial charge in [-0.15, -0.1) is 0 Å². The minimum Gasteiger partial charge on any atom is -0.382 e. The number of hydrogen-bond acceptors (Lipinski definition) is 7. The molecule has 0 unspecified atom stereocenters. The van der Waals surface area contributed by atoms with Crippen molar-refractivity contribution in [3.8, 4) is 11.1 Å². The molecular formula is C30H31N9. The van der Waals surface area contributed by atoms with E-state index in [9.17, 15) is 0 Å². The van der Waals surface area contributed by atoms with Gasteiger partial charge >= 0.3 is 0 Å². The molecule has 0 radical (unpaired) electrons. The molecule has 9 nitrogen and oxygen atoms in total. The summed E-state index contributed by atoms with van der Waals surface area (Å²) in [5.41, 5.74) is 13.6. The lowest BCUT2D eigenvalue weighted by Crippen LogP contribution is -2.20. The molecule has 39 heavy (non-hydrogen) atoms. The normalized spacial score (nSPS) is 11.6. The van der Waals surface area contributed by atoms with Crippen molar-refractivity contribution in [3.63, 3.8) is 0 Å². The minimum atomic E-state index is 0.477. The first kappa shape index (κ1) is 24.7. The van der Waals surface area contributed by atoms with Crippen LogP contribution in [0.3, 0.4) is 0 Å².